The van der Waals surface area contributed by atoms with Crippen LogP contribution >= 0.6 is 11.3 Å². The highest BCUT2D eigenvalue weighted by molar-refractivity contribution is 7.09. The maximum atomic E-state index is 12.5. The predicted molar refractivity (Wildman–Crippen MR) is 94.4 cm³/mol. The van der Waals surface area contributed by atoms with Gasteiger partial charge in [-0.15, -0.1) is 11.3 Å². The fraction of sp³-hybridized carbons (Fsp3) is 0.667. The molecule has 0 bridgehead atoms. The first kappa shape index (κ1) is 16.7. The van der Waals surface area contributed by atoms with Crippen LogP contribution in [0.15, 0.2) is 17.5 Å². The lowest BCUT2D eigenvalue weighted by Gasteiger charge is -2.22. The highest BCUT2D eigenvalue weighted by atomic mass is 32.1. The van der Waals surface area contributed by atoms with Gasteiger partial charge in [-0.25, -0.2) is 4.98 Å². The number of carbonyl (C=O) groups is 1. The minimum Gasteiger partial charge on any atom is -0.341 e. The van der Waals surface area contributed by atoms with Crippen LogP contribution in [0.25, 0.3) is 0 Å². The Labute approximate surface area is 143 Å². The molecule has 5 heteroatoms. The van der Waals surface area contributed by atoms with Crippen LogP contribution in [0.5, 0.6) is 0 Å². The lowest BCUT2D eigenvalue weighted by Crippen LogP contribution is -2.35. The minimum atomic E-state index is 0.338. The third-order valence-corrected chi connectivity index (χ3v) is 5.82. The first-order chi connectivity index (χ1) is 11.2. The number of amides is 1. The molecule has 1 fully saturated rings. The van der Waals surface area contributed by atoms with Crippen LogP contribution in [0.2, 0.25) is 0 Å². The molecule has 0 spiro atoms. The molecule has 0 N–H and O–H groups in total. The normalized spacial score (nSPS) is 22.5. The molecule has 1 aliphatic carbocycles. The topological polar surface area (TPSA) is 36.4 Å². The van der Waals surface area contributed by atoms with Crippen molar-refractivity contribution in [3.8, 4) is 0 Å². The number of aromatic nitrogens is 1. The Morgan fingerprint density at radius 2 is 2.26 bits per heavy atom. The van der Waals surface area contributed by atoms with Crippen molar-refractivity contribution in [2.24, 2.45) is 5.92 Å². The second-order valence-electron chi connectivity index (χ2n) is 6.57. The summed E-state index contributed by atoms with van der Waals surface area (Å²) in [4.78, 5) is 21.7. The van der Waals surface area contributed by atoms with E-state index in [0.29, 0.717) is 18.2 Å². The van der Waals surface area contributed by atoms with Crippen LogP contribution in [0.3, 0.4) is 0 Å². The molecule has 1 saturated heterocycles. The Bertz CT molecular complexity index is 554. The zero-order chi connectivity index (χ0) is 16.1. The number of rotatable bonds is 5. The molecule has 1 atom stereocenters. The zero-order valence-corrected chi connectivity index (χ0v) is 14.9. The smallest absolute Gasteiger partial charge is 0.223 e. The predicted octanol–water partition coefficient (Wildman–Crippen LogP) is 3.10. The summed E-state index contributed by atoms with van der Waals surface area (Å²) in [6.07, 6.45) is 9.49. The Kier molecular flexibility index (Phi) is 5.84. The maximum Gasteiger partial charge on any atom is 0.223 e. The molecular formula is C18H27N3OS. The Hall–Kier alpha value is -1.20. The molecule has 1 aromatic heterocycles. The van der Waals surface area contributed by atoms with Gasteiger partial charge in [0.25, 0.3) is 0 Å². The molecule has 1 aliphatic heterocycles. The van der Waals surface area contributed by atoms with Crippen LogP contribution in [-0.2, 0) is 17.8 Å². The molecule has 23 heavy (non-hydrogen) atoms. The van der Waals surface area contributed by atoms with E-state index in [-0.39, 0.29) is 0 Å². The molecule has 2 aliphatic rings. The number of allylic oxidation sites excluding steroid dienone is 2. The molecule has 0 unspecified atom stereocenters. The molecule has 4 nitrogen and oxygen atoms in total. The van der Waals surface area contributed by atoms with Crippen molar-refractivity contribution in [2.75, 3.05) is 26.2 Å². The average Bonchev–Trinajstić information content (AvgIpc) is 3.16. The largest absolute Gasteiger partial charge is 0.341 e. The molecule has 0 radical (unpaired) electrons. The van der Waals surface area contributed by atoms with E-state index in [9.17, 15) is 4.79 Å². The maximum absolute atomic E-state index is 12.5. The van der Waals surface area contributed by atoms with E-state index in [1.807, 2.05) is 0 Å². The minimum absolute atomic E-state index is 0.338. The van der Waals surface area contributed by atoms with Gasteiger partial charge in [0.15, 0.2) is 0 Å². The van der Waals surface area contributed by atoms with Gasteiger partial charge in [0.05, 0.1) is 10.7 Å². The highest BCUT2D eigenvalue weighted by Gasteiger charge is 2.22. The number of aryl methyl sites for hydroxylation is 1. The van der Waals surface area contributed by atoms with Crippen LogP contribution in [0.1, 0.15) is 43.3 Å². The van der Waals surface area contributed by atoms with Crippen molar-refractivity contribution >= 4 is 17.2 Å². The number of hydrogen-bond acceptors (Lipinski definition) is 4. The molecule has 0 saturated carbocycles. The van der Waals surface area contributed by atoms with Gasteiger partial charge in [-0.1, -0.05) is 19.1 Å². The van der Waals surface area contributed by atoms with E-state index >= 15 is 0 Å². The molecule has 1 amide bonds. The standard InChI is InChI=1S/C18H27N3OS/c1-2-17-19-16(14-23-17)13-20-8-5-9-21(11-10-20)18(22)12-15-6-3-4-7-15/h3,6,14-15H,2,4-5,7-13H2,1H3/t15-/m0/s1. The highest BCUT2D eigenvalue weighted by Crippen LogP contribution is 2.22. The molecule has 126 valence electrons. The fourth-order valence-corrected chi connectivity index (χ4v) is 4.15. The van der Waals surface area contributed by atoms with Crippen LogP contribution in [0.4, 0.5) is 0 Å². The van der Waals surface area contributed by atoms with E-state index in [0.717, 1.165) is 58.4 Å². The van der Waals surface area contributed by atoms with Crippen LogP contribution < -0.4 is 0 Å². The second kappa shape index (κ2) is 8.06. The van der Waals surface area contributed by atoms with Gasteiger partial charge in [-0.2, -0.15) is 0 Å². The van der Waals surface area contributed by atoms with Crippen molar-refractivity contribution in [2.45, 2.75) is 45.6 Å². The zero-order valence-electron chi connectivity index (χ0n) is 14.0. The van der Waals surface area contributed by atoms with E-state index in [2.05, 4.69) is 39.2 Å². The Morgan fingerprint density at radius 1 is 1.35 bits per heavy atom. The van der Waals surface area contributed by atoms with Crippen molar-refractivity contribution < 1.29 is 4.79 Å². The first-order valence-corrected chi connectivity index (χ1v) is 9.72. The van der Waals surface area contributed by atoms with E-state index < -0.39 is 0 Å². The van der Waals surface area contributed by atoms with E-state index in [1.165, 1.54) is 10.7 Å². The Balaban J connectivity index is 1.48. The third kappa shape index (κ3) is 4.64. The fourth-order valence-electron chi connectivity index (χ4n) is 3.41. The third-order valence-electron chi connectivity index (χ3n) is 4.78. The van der Waals surface area contributed by atoms with Crippen molar-refractivity contribution in [1.82, 2.24) is 14.8 Å². The van der Waals surface area contributed by atoms with Gasteiger partial charge < -0.3 is 4.90 Å². The number of hydrogen-bond donors (Lipinski definition) is 0. The number of nitrogens with zero attached hydrogens (tertiary/aromatic N) is 3. The summed E-state index contributed by atoms with van der Waals surface area (Å²) in [6.45, 7) is 6.86. The lowest BCUT2D eigenvalue weighted by atomic mass is 10.0. The summed E-state index contributed by atoms with van der Waals surface area (Å²) in [5.41, 5.74) is 1.18. The number of carbonyl (C=O) groups excluding carboxylic acids is 1. The molecular weight excluding hydrogens is 306 g/mol. The van der Waals surface area contributed by atoms with E-state index in [4.69, 9.17) is 0 Å². The second-order valence-corrected chi connectivity index (χ2v) is 7.51. The van der Waals surface area contributed by atoms with Crippen molar-refractivity contribution in [3.05, 3.63) is 28.2 Å². The summed E-state index contributed by atoms with van der Waals surface area (Å²) < 4.78 is 0. The van der Waals surface area contributed by atoms with Crippen molar-refractivity contribution in [3.63, 3.8) is 0 Å². The van der Waals surface area contributed by atoms with Crippen LogP contribution in [0, 0.1) is 5.92 Å². The van der Waals surface area contributed by atoms with Gasteiger partial charge in [0, 0.05) is 44.5 Å². The first-order valence-electron chi connectivity index (χ1n) is 8.84. The van der Waals surface area contributed by atoms with Crippen molar-refractivity contribution in [1.29, 1.82) is 0 Å². The Morgan fingerprint density at radius 3 is 3.00 bits per heavy atom. The lowest BCUT2D eigenvalue weighted by molar-refractivity contribution is -0.131. The molecule has 0 aromatic carbocycles. The summed E-state index contributed by atoms with van der Waals surface area (Å²) in [5, 5.41) is 3.40. The summed E-state index contributed by atoms with van der Waals surface area (Å²) in [5.74, 6) is 0.814. The van der Waals surface area contributed by atoms with E-state index in [1.54, 1.807) is 11.3 Å². The number of thiazole rings is 1. The average molecular weight is 334 g/mol. The summed E-state index contributed by atoms with van der Waals surface area (Å²) in [7, 11) is 0. The van der Waals surface area contributed by atoms with Gasteiger partial charge in [-0.3, -0.25) is 9.69 Å². The quantitative estimate of drug-likeness (QED) is 0.777. The monoisotopic (exact) mass is 333 g/mol. The summed E-state index contributed by atoms with van der Waals surface area (Å²) >= 11 is 1.76. The molecule has 1 aromatic rings. The van der Waals surface area contributed by atoms with Gasteiger partial charge in [0.2, 0.25) is 5.91 Å². The van der Waals surface area contributed by atoms with Crippen LogP contribution in [-0.4, -0.2) is 46.9 Å². The SMILES string of the molecule is CCc1nc(CN2CCCN(C(=O)C[C@H]3C=CCC3)CC2)cs1. The van der Waals surface area contributed by atoms with Gasteiger partial charge >= 0.3 is 0 Å². The molecule has 3 rings (SSSR count). The van der Waals surface area contributed by atoms with Gasteiger partial charge in [-0.05, 0) is 31.6 Å². The summed E-state index contributed by atoms with van der Waals surface area (Å²) in [6, 6.07) is 0. The molecule has 2 heterocycles. The van der Waals surface area contributed by atoms with Gasteiger partial charge in [0.1, 0.15) is 0 Å².